The van der Waals surface area contributed by atoms with Crippen molar-refractivity contribution < 1.29 is 26.3 Å². The molecule has 8 nitrogen and oxygen atoms in total. The molecule has 0 aromatic rings. The van der Waals surface area contributed by atoms with Gasteiger partial charge in [-0.05, 0) is 32.1 Å². The van der Waals surface area contributed by atoms with Gasteiger partial charge >= 0.3 is 6.18 Å². The number of rotatable bonds is 1. The summed E-state index contributed by atoms with van der Waals surface area (Å²) in [6.07, 6.45) is -0.493. The van der Waals surface area contributed by atoms with E-state index >= 15 is 0 Å². The summed E-state index contributed by atoms with van der Waals surface area (Å²) in [5.74, 6) is -1.62. The quantitative estimate of drug-likeness (QED) is 0.447. The third kappa shape index (κ3) is 5.04. The van der Waals surface area contributed by atoms with E-state index in [1.807, 2.05) is 0 Å². The maximum atomic E-state index is 13.7. The lowest BCUT2D eigenvalue weighted by molar-refractivity contribution is -0.211. The molecule has 4 aliphatic rings. The van der Waals surface area contributed by atoms with Crippen molar-refractivity contribution in [3.05, 3.63) is 0 Å². The number of hydrogen-bond donors (Lipinski definition) is 4. The summed E-state index contributed by atoms with van der Waals surface area (Å²) in [7, 11) is -3.38. The Labute approximate surface area is 181 Å². The van der Waals surface area contributed by atoms with E-state index in [1.54, 1.807) is 0 Å². The van der Waals surface area contributed by atoms with Crippen LogP contribution in [0.5, 0.6) is 0 Å². The van der Waals surface area contributed by atoms with Crippen molar-refractivity contribution >= 4 is 9.84 Å². The van der Waals surface area contributed by atoms with Crippen molar-refractivity contribution in [2.45, 2.75) is 99.5 Å². The molecule has 0 aromatic heterocycles. The molecule has 0 amide bonds. The van der Waals surface area contributed by atoms with Gasteiger partial charge in [0.2, 0.25) is 0 Å². The van der Waals surface area contributed by atoms with E-state index < -0.39 is 57.9 Å². The number of nitrogens with one attached hydrogen (secondary N) is 3. The second-order valence-electron chi connectivity index (χ2n) is 9.49. The molecule has 5 N–H and O–H groups in total. The molecule has 0 aliphatic carbocycles. The molecule has 4 heterocycles. The Morgan fingerprint density at radius 3 is 2.42 bits per heavy atom. The minimum Gasteiger partial charge on any atom is -0.340 e. The third-order valence-electron chi connectivity index (χ3n) is 7.34. The Morgan fingerprint density at radius 1 is 1.03 bits per heavy atom. The van der Waals surface area contributed by atoms with Crippen LogP contribution in [0.2, 0.25) is 0 Å². The summed E-state index contributed by atoms with van der Waals surface area (Å²) in [4.78, 5) is 2.24. The van der Waals surface area contributed by atoms with Crippen LogP contribution in [0.25, 0.3) is 0 Å². The number of ether oxygens (including phenoxy) is 1. The van der Waals surface area contributed by atoms with Gasteiger partial charge in [-0.3, -0.25) is 10.2 Å². The number of nitrogens with two attached hydrogens (primary N) is 1. The number of fused-ring (bicyclic) bond motifs is 7. The van der Waals surface area contributed by atoms with E-state index in [2.05, 4.69) is 21.1 Å². The molecule has 4 saturated heterocycles. The summed E-state index contributed by atoms with van der Waals surface area (Å²) in [6.45, 7) is 0.798. The highest BCUT2D eigenvalue weighted by molar-refractivity contribution is 7.91. The standard InChI is InChI=1S/C19H34F3N5O3S/c1-31(28,29)14-10-13(23)15-18-26-25-17(30-18)12(19(20,21)22)8-4-2-3-6-11-7-5-9-27(11)16(14)24-15/h11-18,24-26H,2-10,23H2,1H3/t11-,12?,13?,14?,15?,16?,17?,18?/m1/s1. The van der Waals surface area contributed by atoms with Crippen molar-refractivity contribution in [2.75, 3.05) is 12.8 Å². The normalized spacial score (nSPS) is 43.4. The number of piperidine rings is 1. The largest absolute Gasteiger partial charge is 0.395 e. The van der Waals surface area contributed by atoms with Crippen LogP contribution < -0.4 is 21.9 Å². The Balaban J connectivity index is 1.63. The molecule has 7 unspecified atom stereocenters. The molecular formula is C19H34F3N5O3S. The number of halogens is 3. The van der Waals surface area contributed by atoms with Gasteiger partial charge in [0.1, 0.15) is 12.5 Å². The molecule has 0 aromatic carbocycles. The first kappa shape index (κ1) is 23.7. The van der Waals surface area contributed by atoms with E-state index in [0.29, 0.717) is 12.8 Å². The molecule has 0 saturated carbocycles. The van der Waals surface area contributed by atoms with Crippen molar-refractivity contribution in [1.29, 1.82) is 0 Å². The maximum Gasteiger partial charge on any atom is 0.395 e. The predicted molar refractivity (Wildman–Crippen MR) is 109 cm³/mol. The smallest absolute Gasteiger partial charge is 0.340 e. The van der Waals surface area contributed by atoms with Crippen LogP contribution in [0.15, 0.2) is 0 Å². The highest BCUT2D eigenvalue weighted by Crippen LogP contribution is 2.37. The van der Waals surface area contributed by atoms with Gasteiger partial charge in [0.15, 0.2) is 9.84 Å². The minimum absolute atomic E-state index is 0.00682. The Kier molecular flexibility index (Phi) is 6.89. The van der Waals surface area contributed by atoms with Gasteiger partial charge in [0.05, 0.1) is 23.4 Å². The topological polar surface area (TPSA) is 109 Å². The summed E-state index contributed by atoms with van der Waals surface area (Å²) in [6, 6.07) is -0.868. The number of nitrogens with zero attached hydrogens (tertiary/aromatic N) is 1. The first-order valence-electron chi connectivity index (χ1n) is 11.2. The van der Waals surface area contributed by atoms with Gasteiger partial charge in [-0.2, -0.15) is 13.2 Å². The lowest BCUT2D eigenvalue weighted by atomic mass is 9.93. The third-order valence-corrected chi connectivity index (χ3v) is 8.89. The monoisotopic (exact) mass is 469 g/mol. The maximum absolute atomic E-state index is 13.7. The molecule has 180 valence electrons. The van der Waals surface area contributed by atoms with Gasteiger partial charge in [0, 0.05) is 24.9 Å². The van der Waals surface area contributed by atoms with E-state index in [1.165, 1.54) is 6.26 Å². The number of hydrogen-bond acceptors (Lipinski definition) is 8. The molecular weight excluding hydrogens is 435 g/mol. The van der Waals surface area contributed by atoms with E-state index in [0.717, 1.165) is 32.2 Å². The van der Waals surface area contributed by atoms with Crippen molar-refractivity contribution in [3.63, 3.8) is 0 Å². The SMILES string of the molecule is CS(=O)(=O)C1CC(N)C2NC1N1CCC[C@H]1CCCCCC(C(F)(F)F)C1NNC2O1. The van der Waals surface area contributed by atoms with E-state index in [9.17, 15) is 21.6 Å². The first-order valence-corrected chi connectivity index (χ1v) is 13.2. The van der Waals surface area contributed by atoms with Gasteiger partial charge in [0.25, 0.3) is 0 Å². The molecule has 31 heavy (non-hydrogen) atoms. The van der Waals surface area contributed by atoms with Crippen LogP contribution in [-0.4, -0.2) is 74.3 Å². The average molecular weight is 470 g/mol. The molecule has 0 spiro atoms. The highest BCUT2D eigenvalue weighted by Gasteiger charge is 2.52. The molecule has 4 rings (SSSR count). The molecule has 4 aliphatic heterocycles. The van der Waals surface area contributed by atoms with Gasteiger partial charge < -0.3 is 10.5 Å². The van der Waals surface area contributed by atoms with Gasteiger partial charge in [-0.1, -0.05) is 19.3 Å². The number of sulfone groups is 1. The van der Waals surface area contributed by atoms with Gasteiger partial charge in [-0.25, -0.2) is 19.3 Å². The number of hydrazine groups is 1. The van der Waals surface area contributed by atoms with Crippen LogP contribution >= 0.6 is 0 Å². The average Bonchev–Trinajstić information content (AvgIpc) is 3.31. The van der Waals surface area contributed by atoms with Gasteiger partial charge in [-0.15, -0.1) is 0 Å². The van der Waals surface area contributed by atoms with Crippen LogP contribution in [0, 0.1) is 5.92 Å². The summed E-state index contributed by atoms with van der Waals surface area (Å²) >= 11 is 0. The van der Waals surface area contributed by atoms with Crippen molar-refractivity contribution in [1.82, 2.24) is 21.1 Å². The zero-order valence-electron chi connectivity index (χ0n) is 17.8. The summed E-state index contributed by atoms with van der Waals surface area (Å²) in [5, 5.41) is 2.71. The Bertz CT molecular complexity index is 740. The Morgan fingerprint density at radius 2 is 1.71 bits per heavy atom. The lowest BCUT2D eigenvalue weighted by Crippen LogP contribution is -2.71. The van der Waals surface area contributed by atoms with E-state index in [-0.39, 0.29) is 18.9 Å². The summed E-state index contributed by atoms with van der Waals surface area (Å²) in [5.41, 5.74) is 11.9. The van der Waals surface area contributed by atoms with Crippen molar-refractivity contribution in [3.8, 4) is 0 Å². The van der Waals surface area contributed by atoms with Crippen LogP contribution in [0.1, 0.15) is 51.4 Å². The second kappa shape index (κ2) is 9.03. The molecule has 4 bridgehead atoms. The fourth-order valence-electron chi connectivity index (χ4n) is 5.70. The zero-order chi connectivity index (χ0) is 22.4. The van der Waals surface area contributed by atoms with Crippen LogP contribution in [0.3, 0.4) is 0 Å². The summed E-state index contributed by atoms with van der Waals surface area (Å²) < 4.78 is 72.1. The van der Waals surface area contributed by atoms with E-state index in [4.69, 9.17) is 10.5 Å². The molecule has 0 radical (unpaired) electrons. The first-order chi connectivity index (χ1) is 14.6. The fraction of sp³-hybridized carbons (Fsp3) is 1.00. The highest BCUT2D eigenvalue weighted by atomic mass is 32.2. The molecule has 4 fully saturated rings. The lowest BCUT2D eigenvalue weighted by Gasteiger charge is -2.47. The Hall–Kier alpha value is -0.500. The molecule has 8 atom stereocenters. The predicted octanol–water partition coefficient (Wildman–Crippen LogP) is 0.799. The minimum atomic E-state index is -4.38. The second-order valence-corrected chi connectivity index (χ2v) is 11.8. The molecule has 12 heteroatoms. The van der Waals surface area contributed by atoms with Crippen LogP contribution in [0.4, 0.5) is 13.2 Å². The zero-order valence-corrected chi connectivity index (χ0v) is 18.6. The number of alkyl halides is 3. The van der Waals surface area contributed by atoms with Crippen LogP contribution in [-0.2, 0) is 14.6 Å². The fourth-order valence-corrected chi connectivity index (χ4v) is 6.98. The van der Waals surface area contributed by atoms with Crippen molar-refractivity contribution in [2.24, 2.45) is 11.7 Å².